The number of aromatic nitrogens is 2. The van der Waals surface area contributed by atoms with Gasteiger partial charge in [0, 0.05) is 25.1 Å². The molecule has 0 amide bonds. The number of aryl methyl sites for hydroxylation is 2. The van der Waals surface area contributed by atoms with Crippen molar-refractivity contribution in [3.05, 3.63) is 17.5 Å². The zero-order valence-corrected chi connectivity index (χ0v) is 10.4. The molecule has 0 saturated heterocycles. The highest BCUT2D eigenvalue weighted by atomic mass is 16.1. The number of carbonyl (C=O) groups is 1. The van der Waals surface area contributed by atoms with Crippen LogP contribution in [-0.4, -0.2) is 22.1 Å². The summed E-state index contributed by atoms with van der Waals surface area (Å²) in [6.07, 6.45) is 2.13. The predicted octanol–water partition coefficient (Wildman–Crippen LogP) is 1.08. The van der Waals surface area contributed by atoms with Gasteiger partial charge in [-0.3, -0.25) is 9.48 Å². The molecule has 4 nitrogen and oxygen atoms in total. The third-order valence-corrected chi connectivity index (χ3v) is 2.89. The van der Waals surface area contributed by atoms with Gasteiger partial charge in [0.25, 0.3) is 0 Å². The van der Waals surface area contributed by atoms with Crippen molar-refractivity contribution < 1.29 is 4.79 Å². The average molecular weight is 223 g/mol. The third kappa shape index (κ3) is 3.17. The summed E-state index contributed by atoms with van der Waals surface area (Å²) in [6, 6.07) is 2.01. The highest BCUT2D eigenvalue weighted by molar-refractivity contribution is 5.82. The number of hydrogen-bond acceptors (Lipinski definition) is 3. The normalized spacial score (nSPS) is 12.8. The molecule has 0 spiro atoms. The van der Waals surface area contributed by atoms with E-state index in [-0.39, 0.29) is 11.7 Å². The minimum Gasteiger partial charge on any atom is -0.330 e. The molecule has 1 atom stereocenters. The van der Waals surface area contributed by atoms with Gasteiger partial charge in [-0.15, -0.1) is 0 Å². The lowest BCUT2D eigenvalue weighted by atomic mass is 9.99. The molecule has 0 aliphatic rings. The molecule has 0 aliphatic heterocycles. The van der Waals surface area contributed by atoms with Crippen molar-refractivity contribution in [1.29, 1.82) is 0 Å². The minimum absolute atomic E-state index is 0.0463. The summed E-state index contributed by atoms with van der Waals surface area (Å²) < 4.78 is 1.80. The summed E-state index contributed by atoms with van der Waals surface area (Å²) >= 11 is 0. The minimum atomic E-state index is 0.0463. The molecule has 0 saturated carbocycles. The molecule has 1 unspecified atom stereocenters. The molecule has 0 bridgehead atoms. The molecule has 90 valence electrons. The zero-order valence-electron chi connectivity index (χ0n) is 10.4. The number of hydrogen-bond donors (Lipinski definition) is 1. The van der Waals surface area contributed by atoms with Crippen molar-refractivity contribution in [2.45, 2.75) is 33.1 Å². The zero-order chi connectivity index (χ0) is 12.1. The van der Waals surface area contributed by atoms with Crippen LogP contribution in [0.3, 0.4) is 0 Å². The van der Waals surface area contributed by atoms with E-state index in [0.717, 1.165) is 24.2 Å². The second-order valence-electron chi connectivity index (χ2n) is 4.23. The van der Waals surface area contributed by atoms with Crippen molar-refractivity contribution in [3.8, 4) is 0 Å². The molecular weight excluding hydrogens is 202 g/mol. The van der Waals surface area contributed by atoms with Crippen molar-refractivity contribution in [1.82, 2.24) is 9.78 Å². The van der Waals surface area contributed by atoms with E-state index in [9.17, 15) is 4.79 Å². The Hall–Kier alpha value is -1.16. The van der Waals surface area contributed by atoms with Gasteiger partial charge in [0.15, 0.2) is 0 Å². The highest BCUT2D eigenvalue weighted by Gasteiger charge is 2.15. The first-order valence-electron chi connectivity index (χ1n) is 5.83. The largest absolute Gasteiger partial charge is 0.330 e. The summed E-state index contributed by atoms with van der Waals surface area (Å²) in [5, 5.41) is 4.33. The Kier molecular flexibility index (Phi) is 4.68. The van der Waals surface area contributed by atoms with E-state index in [4.69, 9.17) is 5.73 Å². The lowest BCUT2D eigenvalue weighted by Gasteiger charge is -2.08. The van der Waals surface area contributed by atoms with Crippen LogP contribution in [0.5, 0.6) is 0 Å². The van der Waals surface area contributed by atoms with Gasteiger partial charge in [0.05, 0.1) is 5.69 Å². The lowest BCUT2D eigenvalue weighted by molar-refractivity contribution is -0.121. The van der Waals surface area contributed by atoms with Crippen LogP contribution in [0.15, 0.2) is 6.07 Å². The summed E-state index contributed by atoms with van der Waals surface area (Å²) in [7, 11) is 1.88. The number of nitrogens with two attached hydrogens (primary N) is 1. The van der Waals surface area contributed by atoms with E-state index in [1.165, 1.54) is 0 Å². The first-order chi connectivity index (χ1) is 7.58. The van der Waals surface area contributed by atoms with Crippen LogP contribution in [0.4, 0.5) is 0 Å². The Morgan fingerprint density at radius 1 is 1.62 bits per heavy atom. The number of rotatable bonds is 6. The summed E-state index contributed by atoms with van der Waals surface area (Å²) in [5.41, 5.74) is 7.48. The molecule has 1 aromatic heterocycles. The Morgan fingerprint density at radius 3 is 2.81 bits per heavy atom. The molecule has 1 rings (SSSR count). The van der Waals surface area contributed by atoms with Gasteiger partial charge in [0.1, 0.15) is 5.78 Å². The number of carbonyl (C=O) groups excluding carboxylic acids is 1. The number of ketones is 1. The molecule has 0 aliphatic carbocycles. The second kappa shape index (κ2) is 5.80. The molecule has 0 radical (unpaired) electrons. The fourth-order valence-corrected chi connectivity index (χ4v) is 1.67. The van der Waals surface area contributed by atoms with Crippen LogP contribution >= 0.6 is 0 Å². The summed E-state index contributed by atoms with van der Waals surface area (Å²) in [4.78, 5) is 11.9. The van der Waals surface area contributed by atoms with Gasteiger partial charge in [-0.05, 0) is 25.5 Å². The van der Waals surface area contributed by atoms with Crippen molar-refractivity contribution in [2.75, 3.05) is 6.54 Å². The Labute approximate surface area is 96.8 Å². The maximum Gasteiger partial charge on any atom is 0.141 e. The highest BCUT2D eigenvalue weighted by Crippen LogP contribution is 2.10. The molecule has 4 heteroatoms. The van der Waals surface area contributed by atoms with Crippen LogP contribution < -0.4 is 5.73 Å². The monoisotopic (exact) mass is 223 g/mol. The van der Waals surface area contributed by atoms with E-state index < -0.39 is 0 Å². The predicted molar refractivity (Wildman–Crippen MR) is 64.1 cm³/mol. The van der Waals surface area contributed by atoms with Gasteiger partial charge in [-0.2, -0.15) is 5.10 Å². The summed E-state index contributed by atoms with van der Waals surface area (Å²) in [6.45, 7) is 4.57. The number of Topliss-reactive ketones (excluding diaryl/α,β-unsaturated/α-hetero) is 1. The standard InChI is InChI=1S/C12H21N3O/c1-4-10-7-11(15(3)14-10)8-12(16)9(2)5-6-13/h7,9H,4-6,8,13H2,1-3H3. The third-order valence-electron chi connectivity index (χ3n) is 2.89. The summed E-state index contributed by atoms with van der Waals surface area (Å²) in [5.74, 6) is 0.293. The van der Waals surface area contributed by atoms with Crippen molar-refractivity contribution in [2.24, 2.45) is 18.7 Å². The van der Waals surface area contributed by atoms with Crippen LogP contribution in [0, 0.1) is 5.92 Å². The fourth-order valence-electron chi connectivity index (χ4n) is 1.67. The Morgan fingerprint density at radius 2 is 2.31 bits per heavy atom. The van der Waals surface area contributed by atoms with E-state index in [0.29, 0.717) is 13.0 Å². The smallest absolute Gasteiger partial charge is 0.141 e. The van der Waals surface area contributed by atoms with E-state index >= 15 is 0 Å². The van der Waals surface area contributed by atoms with Gasteiger partial charge in [-0.1, -0.05) is 13.8 Å². The first-order valence-corrected chi connectivity index (χ1v) is 5.83. The van der Waals surface area contributed by atoms with Gasteiger partial charge < -0.3 is 5.73 Å². The van der Waals surface area contributed by atoms with Crippen LogP contribution in [0.25, 0.3) is 0 Å². The van der Waals surface area contributed by atoms with E-state index in [2.05, 4.69) is 12.0 Å². The van der Waals surface area contributed by atoms with Crippen molar-refractivity contribution in [3.63, 3.8) is 0 Å². The van der Waals surface area contributed by atoms with Gasteiger partial charge in [-0.25, -0.2) is 0 Å². The molecule has 1 aromatic rings. The lowest BCUT2D eigenvalue weighted by Crippen LogP contribution is -2.18. The quantitative estimate of drug-likeness (QED) is 0.785. The van der Waals surface area contributed by atoms with Crippen LogP contribution in [-0.2, 0) is 24.7 Å². The van der Waals surface area contributed by atoms with E-state index in [1.54, 1.807) is 4.68 Å². The topological polar surface area (TPSA) is 60.9 Å². The molecule has 0 fully saturated rings. The second-order valence-corrected chi connectivity index (χ2v) is 4.23. The molecule has 16 heavy (non-hydrogen) atoms. The maximum absolute atomic E-state index is 11.9. The van der Waals surface area contributed by atoms with Crippen LogP contribution in [0.2, 0.25) is 0 Å². The van der Waals surface area contributed by atoms with Gasteiger partial charge in [0.2, 0.25) is 0 Å². The fraction of sp³-hybridized carbons (Fsp3) is 0.667. The first kappa shape index (κ1) is 12.9. The van der Waals surface area contributed by atoms with E-state index in [1.807, 2.05) is 20.0 Å². The van der Waals surface area contributed by atoms with Gasteiger partial charge >= 0.3 is 0 Å². The SMILES string of the molecule is CCc1cc(CC(=O)C(C)CCN)n(C)n1. The molecule has 1 heterocycles. The van der Waals surface area contributed by atoms with Crippen LogP contribution in [0.1, 0.15) is 31.7 Å². The van der Waals surface area contributed by atoms with Crippen molar-refractivity contribution >= 4 is 5.78 Å². The number of nitrogens with zero attached hydrogens (tertiary/aromatic N) is 2. The molecular formula is C12H21N3O. The molecule has 0 aromatic carbocycles. The Bertz CT molecular complexity index is 357. The Balaban J connectivity index is 2.65. The molecule has 2 N–H and O–H groups in total. The average Bonchev–Trinajstić information content (AvgIpc) is 2.60. The maximum atomic E-state index is 11.9.